The van der Waals surface area contributed by atoms with E-state index in [1.807, 2.05) is 0 Å². The number of aromatic hydroxyl groups is 2. The number of benzene rings is 2. The Morgan fingerprint density at radius 1 is 0.653 bits per heavy atom. The third kappa shape index (κ3) is 15.2. The van der Waals surface area contributed by atoms with Crippen molar-refractivity contribution in [1.82, 2.24) is 0 Å². The van der Waals surface area contributed by atoms with Gasteiger partial charge in [0.2, 0.25) is 0 Å². The SMILES string of the molecule is CC(=O)[O-].CC(=O)[O-].CC(C)(C)c1cc(C(F)(F)F)cc(C=NC2CCC(N=Cc3cc(C(F)(F)F)cc(C(C)(C)C)c3O)CC2)c1O.[Co+2]. The Morgan fingerprint density at radius 3 is 1.10 bits per heavy atom. The molecule has 1 aliphatic carbocycles. The molecular formula is C34H42CoF6N2O6. The first-order valence-corrected chi connectivity index (χ1v) is 15.0. The van der Waals surface area contributed by atoms with Crippen molar-refractivity contribution in [2.24, 2.45) is 9.98 Å². The van der Waals surface area contributed by atoms with Crippen molar-refractivity contribution in [2.75, 3.05) is 0 Å². The molecule has 1 fully saturated rings. The number of halogens is 6. The van der Waals surface area contributed by atoms with E-state index in [1.54, 1.807) is 41.5 Å². The molecule has 3 rings (SSSR count). The number of carbonyl (C=O) groups excluding carboxylic acids is 2. The van der Waals surface area contributed by atoms with Gasteiger partial charge in [-0.1, -0.05) is 41.5 Å². The van der Waals surface area contributed by atoms with Gasteiger partial charge in [0.1, 0.15) is 11.5 Å². The quantitative estimate of drug-likeness (QED) is 0.286. The zero-order chi connectivity index (χ0) is 37.4. The molecule has 275 valence electrons. The fourth-order valence-corrected chi connectivity index (χ4v) is 4.71. The van der Waals surface area contributed by atoms with Gasteiger partial charge in [-0.2, -0.15) is 26.3 Å². The maximum atomic E-state index is 13.5. The molecule has 0 aliphatic heterocycles. The van der Waals surface area contributed by atoms with Gasteiger partial charge in [-0.15, -0.1) is 0 Å². The van der Waals surface area contributed by atoms with Crippen molar-refractivity contribution in [2.45, 2.75) is 116 Å². The van der Waals surface area contributed by atoms with E-state index in [1.165, 1.54) is 12.4 Å². The molecule has 1 saturated carbocycles. The maximum Gasteiger partial charge on any atom is 2.00 e. The molecule has 0 saturated heterocycles. The molecule has 1 aliphatic rings. The minimum atomic E-state index is -4.58. The summed E-state index contributed by atoms with van der Waals surface area (Å²) >= 11 is 0. The first kappa shape index (κ1) is 45.4. The average molecular weight is 748 g/mol. The van der Waals surface area contributed by atoms with Gasteiger partial charge in [0.15, 0.2) is 0 Å². The van der Waals surface area contributed by atoms with Gasteiger partial charge in [0.05, 0.1) is 23.2 Å². The third-order valence-electron chi connectivity index (χ3n) is 7.06. The zero-order valence-electron chi connectivity index (χ0n) is 28.5. The number of alkyl halides is 6. The maximum absolute atomic E-state index is 13.5. The predicted octanol–water partition coefficient (Wildman–Crippen LogP) is 6.09. The molecule has 0 heterocycles. The minimum Gasteiger partial charge on any atom is -0.550 e. The van der Waals surface area contributed by atoms with Crippen LogP contribution in [0.3, 0.4) is 0 Å². The molecule has 2 aromatic rings. The van der Waals surface area contributed by atoms with E-state index in [-0.39, 0.29) is 62.6 Å². The van der Waals surface area contributed by atoms with E-state index >= 15 is 0 Å². The Kier molecular flexibility index (Phi) is 16.6. The van der Waals surface area contributed by atoms with Crippen LogP contribution < -0.4 is 10.2 Å². The van der Waals surface area contributed by atoms with Crippen LogP contribution in [-0.2, 0) is 49.6 Å². The van der Waals surface area contributed by atoms with Crippen molar-refractivity contribution in [3.05, 3.63) is 57.6 Å². The molecule has 0 aromatic heterocycles. The van der Waals surface area contributed by atoms with Crippen molar-refractivity contribution < 1.29 is 73.1 Å². The van der Waals surface area contributed by atoms with Crippen molar-refractivity contribution >= 4 is 24.4 Å². The fraction of sp³-hybridized carbons (Fsp3) is 0.529. The summed E-state index contributed by atoms with van der Waals surface area (Å²) in [5, 5.41) is 39.1. The standard InChI is InChI=1S/C30H36F6N2O2.2C2H4O2.Co/c1-27(2,3)23-13-19(29(31,32)33)11-17(25(23)39)15-37-21-7-9-22(10-8-21)38-16-18-12-20(30(34,35)36)14-24(26(18)40)28(4,5)6;2*1-2(3)4;/h11-16,21-22,39-40H,7-10H2,1-6H3;2*1H3,(H,3,4);/q;;;+2/p-2. The van der Waals surface area contributed by atoms with Crippen LogP contribution in [0.25, 0.3) is 0 Å². The second kappa shape index (κ2) is 17.9. The summed E-state index contributed by atoms with van der Waals surface area (Å²) in [5.41, 5.74) is -2.81. The number of nitrogens with zero attached hydrogens (tertiary/aromatic N) is 2. The molecule has 0 unspecified atom stereocenters. The third-order valence-corrected chi connectivity index (χ3v) is 7.06. The van der Waals surface area contributed by atoms with Crippen molar-refractivity contribution in [3.8, 4) is 11.5 Å². The first-order valence-electron chi connectivity index (χ1n) is 15.0. The molecule has 49 heavy (non-hydrogen) atoms. The zero-order valence-corrected chi connectivity index (χ0v) is 29.5. The molecule has 0 amide bonds. The summed E-state index contributed by atoms with van der Waals surface area (Å²) in [7, 11) is 0. The number of rotatable bonds is 4. The summed E-state index contributed by atoms with van der Waals surface area (Å²) < 4.78 is 80.9. The molecule has 2 N–H and O–H groups in total. The van der Waals surface area contributed by atoms with Crippen LogP contribution in [0.5, 0.6) is 11.5 Å². The fourth-order valence-electron chi connectivity index (χ4n) is 4.71. The van der Waals surface area contributed by atoms with Gasteiger partial charge in [-0.05, 0) is 74.6 Å². The van der Waals surface area contributed by atoms with Crippen LogP contribution in [-0.4, -0.2) is 46.7 Å². The van der Waals surface area contributed by atoms with Crippen LogP contribution in [0, 0.1) is 0 Å². The second-order valence-corrected chi connectivity index (χ2v) is 13.4. The normalized spacial score (nSPS) is 17.0. The molecular weight excluding hydrogens is 705 g/mol. The minimum absolute atomic E-state index is 0. The van der Waals surface area contributed by atoms with Gasteiger partial charge in [-0.25, -0.2) is 0 Å². The van der Waals surface area contributed by atoms with Crippen LogP contribution in [0.4, 0.5) is 26.3 Å². The summed E-state index contributed by atoms with van der Waals surface area (Å²) in [5.74, 6) is -2.64. The number of phenols is 2. The van der Waals surface area contributed by atoms with E-state index in [9.17, 15) is 36.6 Å². The van der Waals surface area contributed by atoms with E-state index in [0.717, 1.165) is 38.1 Å². The Balaban J connectivity index is 0.00000230. The topological polar surface area (TPSA) is 145 Å². The first-order chi connectivity index (χ1) is 21.6. The van der Waals surface area contributed by atoms with Crippen LogP contribution in [0.1, 0.15) is 114 Å². The number of carboxylic acids is 2. The number of carboxylic acid groups (broad SMARTS) is 2. The number of phenolic OH excluding ortho intramolecular Hbond substituents is 2. The van der Waals surface area contributed by atoms with Gasteiger partial charge in [0.25, 0.3) is 0 Å². The van der Waals surface area contributed by atoms with Gasteiger partial charge >= 0.3 is 29.1 Å². The number of carbonyl (C=O) groups is 2. The monoisotopic (exact) mass is 747 g/mol. The van der Waals surface area contributed by atoms with Gasteiger partial charge < -0.3 is 30.0 Å². The Morgan fingerprint density at radius 2 is 0.898 bits per heavy atom. The van der Waals surface area contributed by atoms with E-state index in [2.05, 4.69) is 9.98 Å². The summed E-state index contributed by atoms with van der Waals surface area (Å²) in [6, 6.07) is 3.29. The van der Waals surface area contributed by atoms with E-state index < -0.39 is 46.2 Å². The number of hydrogen-bond acceptors (Lipinski definition) is 8. The van der Waals surface area contributed by atoms with E-state index in [0.29, 0.717) is 25.7 Å². The molecule has 1 radical (unpaired) electrons. The summed E-state index contributed by atoms with van der Waals surface area (Å²) in [4.78, 5) is 26.6. The molecule has 15 heteroatoms. The number of aliphatic carboxylic acids is 2. The van der Waals surface area contributed by atoms with Crippen molar-refractivity contribution in [3.63, 3.8) is 0 Å². The predicted molar refractivity (Wildman–Crippen MR) is 166 cm³/mol. The number of aliphatic imine (C=N–C) groups is 2. The van der Waals surface area contributed by atoms with Gasteiger partial charge in [-0.3, -0.25) is 9.98 Å². The van der Waals surface area contributed by atoms with Crippen LogP contribution in [0.2, 0.25) is 0 Å². The average Bonchev–Trinajstić information content (AvgIpc) is 2.89. The Bertz CT molecular complexity index is 1360. The number of hydrogen-bond donors (Lipinski definition) is 2. The van der Waals surface area contributed by atoms with Gasteiger partial charge in [0, 0.05) is 46.6 Å². The second-order valence-electron chi connectivity index (χ2n) is 13.4. The Labute approximate surface area is 292 Å². The molecule has 2 aromatic carbocycles. The van der Waals surface area contributed by atoms with Crippen LogP contribution >= 0.6 is 0 Å². The summed E-state index contributed by atoms with van der Waals surface area (Å²) in [6.07, 6.45) is -4.34. The largest absolute Gasteiger partial charge is 2.00 e. The molecule has 0 spiro atoms. The smallest absolute Gasteiger partial charge is 0.550 e. The molecule has 8 nitrogen and oxygen atoms in total. The van der Waals surface area contributed by atoms with E-state index in [4.69, 9.17) is 19.8 Å². The summed E-state index contributed by atoms with van der Waals surface area (Å²) in [6.45, 7) is 12.2. The Hall–Kier alpha value is -3.59. The van der Waals surface area contributed by atoms with Crippen molar-refractivity contribution in [1.29, 1.82) is 0 Å². The molecule has 0 bridgehead atoms. The molecule has 0 atom stereocenters. The van der Waals surface area contributed by atoms with Crippen LogP contribution in [0.15, 0.2) is 34.3 Å².